The average Bonchev–Trinajstić information content (AvgIpc) is 3.18. The van der Waals surface area contributed by atoms with Gasteiger partial charge in [-0.2, -0.15) is 0 Å². The molecule has 1 fully saturated rings. The fraction of sp³-hybridized carbons (Fsp3) is 0.500. The van der Waals surface area contributed by atoms with Crippen molar-refractivity contribution in [3.63, 3.8) is 0 Å². The van der Waals surface area contributed by atoms with Gasteiger partial charge in [0.25, 0.3) is 0 Å². The molecule has 1 aromatic rings. The largest absolute Gasteiger partial charge is 0.454 e. The Hall–Kier alpha value is -2.29. The number of hydrogen-bond donors (Lipinski definition) is 1. The molecule has 0 bridgehead atoms. The summed E-state index contributed by atoms with van der Waals surface area (Å²) in [4.78, 5) is 25.8. The normalized spacial score (nSPS) is 20.3. The van der Waals surface area contributed by atoms with Gasteiger partial charge in [-0.1, -0.05) is 6.07 Å². The van der Waals surface area contributed by atoms with E-state index in [1.165, 1.54) is 4.90 Å². The molecule has 1 N–H and O–H groups in total. The van der Waals surface area contributed by atoms with Crippen molar-refractivity contribution in [1.29, 1.82) is 0 Å². The molecule has 1 aromatic carbocycles. The van der Waals surface area contributed by atoms with Crippen LogP contribution in [0.15, 0.2) is 18.2 Å². The first kappa shape index (κ1) is 17.5. The average molecular weight is 368 g/mol. The maximum Gasteiger partial charge on any atom is 0.312 e. The van der Waals surface area contributed by atoms with Crippen LogP contribution in [0.25, 0.3) is 0 Å². The highest BCUT2D eigenvalue weighted by Gasteiger charge is 2.35. The SMILES string of the molecule is CCN(C(=O)C(=O)NCc1ccc2c(c1)OCO2)C1CCS(=O)(=O)C1. The molecule has 8 nitrogen and oxygen atoms in total. The maximum atomic E-state index is 12.4. The number of carbonyl (C=O) groups excluding carboxylic acids is 2. The fourth-order valence-corrected chi connectivity index (χ4v) is 4.76. The molecule has 9 heteroatoms. The van der Waals surface area contributed by atoms with Gasteiger partial charge in [0.1, 0.15) is 0 Å². The molecule has 1 atom stereocenters. The van der Waals surface area contributed by atoms with Crippen LogP contribution in [0.5, 0.6) is 11.5 Å². The Labute approximate surface area is 146 Å². The van der Waals surface area contributed by atoms with E-state index in [4.69, 9.17) is 9.47 Å². The molecule has 2 aliphatic rings. The zero-order chi connectivity index (χ0) is 18.0. The molecule has 1 unspecified atom stereocenters. The van der Waals surface area contributed by atoms with E-state index in [1.54, 1.807) is 25.1 Å². The minimum atomic E-state index is -3.12. The van der Waals surface area contributed by atoms with Crippen molar-refractivity contribution >= 4 is 21.7 Å². The molecule has 2 heterocycles. The second-order valence-corrected chi connectivity index (χ2v) is 8.25. The van der Waals surface area contributed by atoms with Crippen molar-refractivity contribution in [3.05, 3.63) is 23.8 Å². The molecule has 0 aliphatic carbocycles. The van der Waals surface area contributed by atoms with E-state index in [1.807, 2.05) is 0 Å². The first-order chi connectivity index (χ1) is 11.9. The first-order valence-corrected chi connectivity index (χ1v) is 9.89. The Morgan fingerprint density at radius 2 is 2.04 bits per heavy atom. The maximum absolute atomic E-state index is 12.4. The van der Waals surface area contributed by atoms with Gasteiger partial charge in [0.2, 0.25) is 6.79 Å². The quantitative estimate of drug-likeness (QED) is 0.755. The minimum absolute atomic E-state index is 0.0558. The predicted octanol–water partition coefficient (Wildman–Crippen LogP) is 0.0671. The van der Waals surface area contributed by atoms with Gasteiger partial charge in [0, 0.05) is 19.1 Å². The summed E-state index contributed by atoms with van der Waals surface area (Å²) in [6.07, 6.45) is 0.372. The molecule has 2 amide bonds. The number of benzene rings is 1. The molecule has 0 radical (unpaired) electrons. The number of sulfone groups is 1. The van der Waals surface area contributed by atoms with Crippen LogP contribution >= 0.6 is 0 Å². The molecule has 136 valence electrons. The number of carbonyl (C=O) groups is 2. The Morgan fingerprint density at radius 1 is 1.28 bits per heavy atom. The zero-order valence-electron chi connectivity index (χ0n) is 13.9. The molecule has 3 rings (SSSR count). The predicted molar refractivity (Wildman–Crippen MR) is 88.9 cm³/mol. The summed E-state index contributed by atoms with van der Waals surface area (Å²) in [6.45, 7) is 2.35. The van der Waals surface area contributed by atoms with E-state index >= 15 is 0 Å². The van der Waals surface area contributed by atoms with Gasteiger partial charge in [-0.3, -0.25) is 9.59 Å². The summed E-state index contributed by atoms with van der Waals surface area (Å²) in [6, 6.07) is 4.83. The number of ether oxygens (including phenoxy) is 2. The summed E-state index contributed by atoms with van der Waals surface area (Å²) in [5.74, 6) is -0.230. The van der Waals surface area contributed by atoms with Gasteiger partial charge in [0.05, 0.1) is 11.5 Å². The first-order valence-electron chi connectivity index (χ1n) is 8.07. The van der Waals surface area contributed by atoms with Crippen LogP contribution in [0.3, 0.4) is 0 Å². The van der Waals surface area contributed by atoms with Crippen LogP contribution < -0.4 is 14.8 Å². The van der Waals surface area contributed by atoms with Crippen molar-refractivity contribution in [2.45, 2.75) is 25.9 Å². The summed E-state index contributed by atoms with van der Waals surface area (Å²) >= 11 is 0. The highest BCUT2D eigenvalue weighted by molar-refractivity contribution is 7.91. The van der Waals surface area contributed by atoms with Gasteiger partial charge in [-0.25, -0.2) is 8.42 Å². The lowest BCUT2D eigenvalue weighted by molar-refractivity contribution is -0.147. The number of likely N-dealkylation sites (N-methyl/N-ethyl adjacent to an activating group) is 1. The third-order valence-corrected chi connectivity index (χ3v) is 6.09. The van der Waals surface area contributed by atoms with E-state index in [0.29, 0.717) is 17.9 Å². The van der Waals surface area contributed by atoms with E-state index in [9.17, 15) is 18.0 Å². The second kappa shape index (κ2) is 6.91. The van der Waals surface area contributed by atoms with Crippen molar-refractivity contribution in [3.8, 4) is 11.5 Å². The van der Waals surface area contributed by atoms with Gasteiger partial charge in [-0.15, -0.1) is 0 Å². The summed E-state index contributed by atoms with van der Waals surface area (Å²) in [5.41, 5.74) is 0.775. The van der Waals surface area contributed by atoms with E-state index in [0.717, 1.165) is 5.56 Å². The van der Waals surface area contributed by atoms with Crippen LogP contribution in [-0.4, -0.2) is 56.0 Å². The molecule has 0 saturated carbocycles. The van der Waals surface area contributed by atoms with Crippen molar-refractivity contribution in [2.24, 2.45) is 0 Å². The van der Waals surface area contributed by atoms with Gasteiger partial charge in [-0.05, 0) is 31.0 Å². The number of fused-ring (bicyclic) bond motifs is 1. The lowest BCUT2D eigenvalue weighted by Crippen LogP contribution is -2.48. The molecule has 1 saturated heterocycles. The molecular formula is C16H20N2O6S. The Balaban J connectivity index is 1.59. The van der Waals surface area contributed by atoms with Crippen molar-refractivity contribution < 1.29 is 27.5 Å². The number of nitrogens with zero attached hydrogens (tertiary/aromatic N) is 1. The Kier molecular flexibility index (Phi) is 4.85. The highest BCUT2D eigenvalue weighted by atomic mass is 32.2. The van der Waals surface area contributed by atoms with E-state index in [-0.39, 0.29) is 31.4 Å². The monoisotopic (exact) mass is 368 g/mol. The standard InChI is InChI=1S/C16H20N2O6S/c1-2-18(12-5-6-25(21,22)9-12)16(20)15(19)17-8-11-3-4-13-14(7-11)24-10-23-13/h3-4,7,12H,2,5-6,8-10H2,1H3,(H,17,19). The Morgan fingerprint density at radius 3 is 2.72 bits per heavy atom. The fourth-order valence-electron chi connectivity index (χ4n) is 3.03. The van der Waals surface area contributed by atoms with Gasteiger partial charge in [0.15, 0.2) is 21.3 Å². The molecule has 0 aromatic heterocycles. The lowest BCUT2D eigenvalue weighted by Gasteiger charge is -2.26. The van der Waals surface area contributed by atoms with E-state index < -0.39 is 27.7 Å². The van der Waals surface area contributed by atoms with Crippen molar-refractivity contribution in [2.75, 3.05) is 24.8 Å². The molecule has 0 spiro atoms. The van der Waals surface area contributed by atoms with Crippen LogP contribution in [0.1, 0.15) is 18.9 Å². The van der Waals surface area contributed by atoms with Crippen LogP contribution in [0.4, 0.5) is 0 Å². The zero-order valence-corrected chi connectivity index (χ0v) is 14.7. The third-order valence-electron chi connectivity index (χ3n) is 4.34. The highest BCUT2D eigenvalue weighted by Crippen LogP contribution is 2.32. The number of rotatable bonds is 4. The number of amides is 2. The van der Waals surface area contributed by atoms with Crippen LogP contribution in [0, 0.1) is 0 Å². The van der Waals surface area contributed by atoms with Crippen LogP contribution in [0.2, 0.25) is 0 Å². The van der Waals surface area contributed by atoms with Crippen molar-refractivity contribution in [1.82, 2.24) is 10.2 Å². The molecule has 2 aliphatic heterocycles. The lowest BCUT2D eigenvalue weighted by atomic mass is 10.2. The van der Waals surface area contributed by atoms with Gasteiger partial charge >= 0.3 is 11.8 Å². The summed E-state index contributed by atoms with van der Waals surface area (Å²) in [7, 11) is -3.12. The van der Waals surface area contributed by atoms with E-state index in [2.05, 4.69) is 5.32 Å². The minimum Gasteiger partial charge on any atom is -0.454 e. The molecular weight excluding hydrogens is 348 g/mol. The van der Waals surface area contributed by atoms with Crippen LogP contribution in [-0.2, 0) is 26.0 Å². The topological polar surface area (TPSA) is 102 Å². The number of hydrogen-bond acceptors (Lipinski definition) is 6. The second-order valence-electron chi connectivity index (χ2n) is 6.02. The summed E-state index contributed by atoms with van der Waals surface area (Å²) < 4.78 is 33.7. The third kappa shape index (κ3) is 3.87. The van der Waals surface area contributed by atoms with Gasteiger partial charge < -0.3 is 19.7 Å². The smallest absolute Gasteiger partial charge is 0.312 e. The number of nitrogens with one attached hydrogen (secondary N) is 1. The molecule has 25 heavy (non-hydrogen) atoms. The summed E-state index contributed by atoms with van der Waals surface area (Å²) in [5, 5.41) is 2.57. The Bertz CT molecular complexity index is 792.